The van der Waals surface area contributed by atoms with Crippen LogP contribution in [0.15, 0.2) is 351 Å². The van der Waals surface area contributed by atoms with Gasteiger partial charge in [0.25, 0.3) is 0 Å². The summed E-state index contributed by atoms with van der Waals surface area (Å²) in [5.41, 5.74) is 32.4. The van der Waals surface area contributed by atoms with E-state index in [2.05, 4.69) is 295 Å². The van der Waals surface area contributed by atoms with Crippen LogP contribution in [0.2, 0.25) is 0 Å². The molecule has 23 rings (SSSR count). The SMILES string of the molecule is C1=C(c2ccc(-c3nc(-c4cccs4)nc(-c4cccs4)n3)cc2)c2ccccc2C2(c3ccccc31)c1ccccc1-c1ccccc12.CC1(C)c2cc(-c3ccc(-c4nc(-c5ccccn5)nc(-c5ccccn5)n4)cc3)ccc2-c2cc3c(cc21)-c1ccc(-c2ccc(-c4nc(-c5ccccn5)nc(-c5ccccn5)n4)cc2)cc1C3(C)C. The highest BCUT2D eigenvalue weighted by atomic mass is 32.1. The van der Waals surface area contributed by atoms with Gasteiger partial charge >= 0.3 is 0 Å². The number of pyridine rings is 4. The summed E-state index contributed by atoms with van der Waals surface area (Å²) in [6, 6.07) is 111. The highest BCUT2D eigenvalue weighted by Gasteiger charge is 2.49. The summed E-state index contributed by atoms with van der Waals surface area (Å²) in [4.78, 5) is 63.9. The van der Waals surface area contributed by atoms with Gasteiger partial charge in [-0.05, 0) is 224 Å². The Labute approximate surface area is 707 Å². The molecule has 4 aliphatic carbocycles. The van der Waals surface area contributed by atoms with E-state index in [-0.39, 0.29) is 10.8 Å². The van der Waals surface area contributed by atoms with Crippen LogP contribution in [0.5, 0.6) is 0 Å². The smallest absolute Gasteiger partial charge is 0.182 e. The number of hydrogen-bond donors (Lipinski definition) is 0. The van der Waals surface area contributed by atoms with Gasteiger partial charge in [0.2, 0.25) is 0 Å². The minimum Gasteiger partial charge on any atom is -0.253 e. The number of benzene rings is 10. The van der Waals surface area contributed by atoms with Gasteiger partial charge in [-0.2, -0.15) is 0 Å². The van der Waals surface area contributed by atoms with Gasteiger partial charge in [-0.3, -0.25) is 19.9 Å². The van der Waals surface area contributed by atoms with E-state index in [1.165, 1.54) is 94.6 Å². The topological polar surface area (TPSA) is 168 Å². The van der Waals surface area contributed by atoms with Gasteiger partial charge < -0.3 is 0 Å². The van der Waals surface area contributed by atoms with E-state index in [0.717, 1.165) is 54.3 Å². The molecule has 121 heavy (non-hydrogen) atoms. The zero-order chi connectivity index (χ0) is 80.9. The first-order chi connectivity index (χ1) is 59.4. The zero-order valence-corrected chi connectivity index (χ0v) is 67.8. The minimum absolute atomic E-state index is 0.214. The molecule has 572 valence electrons. The van der Waals surface area contributed by atoms with Crippen molar-refractivity contribution in [2.75, 3.05) is 0 Å². The third kappa shape index (κ3) is 12.5. The van der Waals surface area contributed by atoms with Crippen molar-refractivity contribution in [2.45, 2.75) is 43.9 Å². The first-order valence-electron chi connectivity index (χ1n) is 40.4. The molecule has 0 saturated carbocycles. The molecule has 0 aliphatic heterocycles. The van der Waals surface area contributed by atoms with Crippen molar-refractivity contribution in [1.82, 2.24) is 64.8 Å². The van der Waals surface area contributed by atoms with Crippen molar-refractivity contribution in [1.29, 1.82) is 0 Å². The molecule has 9 aromatic heterocycles. The molecular formula is C106H71N13S2. The number of hydrogen-bond acceptors (Lipinski definition) is 15. The summed E-state index contributed by atoms with van der Waals surface area (Å²) < 4.78 is 0. The average Bonchev–Trinajstić information content (AvgIpc) is 1.54. The van der Waals surface area contributed by atoms with Crippen LogP contribution in [0.25, 0.3) is 169 Å². The summed E-state index contributed by atoms with van der Waals surface area (Å²) in [5, 5.41) is 4.11. The maximum Gasteiger partial charge on any atom is 0.182 e. The molecule has 0 bridgehead atoms. The predicted octanol–water partition coefficient (Wildman–Crippen LogP) is 24.8. The number of nitrogens with zero attached hydrogens (tertiary/aromatic N) is 13. The summed E-state index contributed by atoms with van der Waals surface area (Å²) in [5.74, 6) is 5.21. The third-order valence-electron chi connectivity index (χ3n) is 24.1. The van der Waals surface area contributed by atoms with Crippen molar-refractivity contribution in [3.8, 4) is 157 Å². The van der Waals surface area contributed by atoms with Crippen LogP contribution in [0, 0.1) is 0 Å². The molecule has 0 N–H and O–H groups in total. The Morgan fingerprint density at radius 1 is 0.215 bits per heavy atom. The van der Waals surface area contributed by atoms with Gasteiger partial charge in [-0.25, -0.2) is 44.9 Å². The second kappa shape index (κ2) is 29.2. The highest BCUT2D eigenvalue weighted by molar-refractivity contribution is 7.13. The molecule has 4 aliphatic rings. The number of thiophene rings is 2. The first kappa shape index (κ1) is 72.4. The van der Waals surface area contributed by atoms with Gasteiger partial charge in [0.1, 0.15) is 22.8 Å². The van der Waals surface area contributed by atoms with E-state index in [9.17, 15) is 0 Å². The normalized spacial score (nSPS) is 13.5. The molecule has 19 aromatic rings. The summed E-state index contributed by atoms with van der Waals surface area (Å²) in [6.07, 6.45) is 9.36. The third-order valence-corrected chi connectivity index (χ3v) is 25.8. The van der Waals surface area contributed by atoms with E-state index >= 15 is 0 Å². The Kier molecular flexibility index (Phi) is 17.5. The zero-order valence-electron chi connectivity index (χ0n) is 66.2. The molecule has 10 aromatic carbocycles. The highest BCUT2D eigenvalue weighted by Crippen LogP contribution is 2.61. The Morgan fingerprint density at radius 3 is 0.909 bits per heavy atom. The monoisotopic (exact) mass is 1590 g/mol. The molecule has 0 atom stereocenters. The molecule has 0 amide bonds. The van der Waals surface area contributed by atoms with Crippen molar-refractivity contribution < 1.29 is 0 Å². The number of rotatable bonds is 12. The maximum atomic E-state index is 4.95. The summed E-state index contributed by atoms with van der Waals surface area (Å²) in [6.45, 7) is 9.44. The second-order valence-corrected chi connectivity index (χ2v) is 33.6. The largest absolute Gasteiger partial charge is 0.253 e. The molecule has 1 spiro atoms. The van der Waals surface area contributed by atoms with Gasteiger partial charge in [-0.15, -0.1) is 22.7 Å². The van der Waals surface area contributed by atoms with E-state index in [1.54, 1.807) is 47.5 Å². The van der Waals surface area contributed by atoms with Crippen LogP contribution < -0.4 is 0 Å². The van der Waals surface area contributed by atoms with E-state index in [1.807, 2.05) is 84.9 Å². The molecule has 13 nitrogen and oxygen atoms in total. The molecule has 0 radical (unpaired) electrons. The molecule has 0 fully saturated rings. The molecule has 9 heterocycles. The van der Waals surface area contributed by atoms with E-state index in [0.29, 0.717) is 75.2 Å². The molecule has 0 unspecified atom stereocenters. The Balaban J connectivity index is 0.000000156. The molecule has 15 heteroatoms. The Bertz CT molecular complexity index is 6810. The van der Waals surface area contributed by atoms with E-state index < -0.39 is 5.41 Å². The number of aromatic nitrogens is 13. The fourth-order valence-corrected chi connectivity index (χ4v) is 19.5. The lowest BCUT2D eigenvalue weighted by Gasteiger charge is -2.35. The first-order valence-corrected chi connectivity index (χ1v) is 42.1. The van der Waals surface area contributed by atoms with Gasteiger partial charge in [0.15, 0.2) is 52.4 Å². The quantitative estimate of drug-likeness (QED) is 0.113. The Morgan fingerprint density at radius 2 is 0.521 bits per heavy atom. The van der Waals surface area contributed by atoms with Crippen LogP contribution in [0.1, 0.15) is 88.9 Å². The van der Waals surface area contributed by atoms with Crippen molar-refractivity contribution >= 4 is 34.3 Å². The lowest BCUT2D eigenvalue weighted by molar-refractivity contribution is 0.652. The van der Waals surface area contributed by atoms with E-state index in [4.69, 9.17) is 44.9 Å². The Hall–Kier alpha value is -15.0. The van der Waals surface area contributed by atoms with Crippen LogP contribution >= 0.6 is 22.7 Å². The van der Waals surface area contributed by atoms with Crippen LogP contribution in [0.3, 0.4) is 0 Å². The maximum absolute atomic E-state index is 4.95. The lowest BCUT2D eigenvalue weighted by Crippen LogP contribution is -2.30. The van der Waals surface area contributed by atoms with Crippen molar-refractivity contribution in [2.24, 2.45) is 0 Å². The minimum atomic E-state index is -0.445. The second-order valence-electron chi connectivity index (χ2n) is 31.7. The van der Waals surface area contributed by atoms with Gasteiger partial charge in [0, 0.05) is 52.3 Å². The van der Waals surface area contributed by atoms with Gasteiger partial charge in [0.05, 0.1) is 15.2 Å². The van der Waals surface area contributed by atoms with Crippen LogP contribution in [-0.2, 0) is 16.2 Å². The van der Waals surface area contributed by atoms with Crippen molar-refractivity contribution in [3.63, 3.8) is 0 Å². The summed E-state index contributed by atoms with van der Waals surface area (Å²) in [7, 11) is 0. The lowest BCUT2D eigenvalue weighted by atomic mass is 9.66. The number of fused-ring (bicyclic) bond motifs is 15. The standard InChI is InChI=1S/C62H44N10.C44H27N3S2/c1-61(2)47-33-41(37-17-21-39(22-18-37)55-67-57(51-13-5-9-29-63-51)71-58(68-55)52-14-6-10-30-64-52)25-27-43(47)45-36-50-46(35-49(45)61)44-28-26-42(34-48(44)62(50,3)4)38-19-23-40(24-20-38)56-69-59(53-15-7-11-31-65-53)72-60(70-56)54-16-8-12-32-66-54;1-5-15-35-30(11-1)27-34(33-14-4-8-18-38(33)44(35)36-16-6-2-12-31(36)32-13-3-7-17-37(32)44)28-21-23-29(24-22-28)41-45-42(39-19-9-25-48-39)47-43(46-41)40-20-10-26-49-40/h5-36H,1-4H3;1-27H. The summed E-state index contributed by atoms with van der Waals surface area (Å²) >= 11 is 3.28. The molecular weight excluding hydrogens is 1520 g/mol. The van der Waals surface area contributed by atoms with Crippen LogP contribution in [0.4, 0.5) is 0 Å². The fraction of sp³-hybridized carbons (Fsp3) is 0.0660. The fourth-order valence-electron chi connectivity index (χ4n) is 18.2. The molecule has 0 saturated heterocycles. The van der Waals surface area contributed by atoms with Gasteiger partial charge in [-0.1, -0.05) is 258 Å². The average molecular weight is 1590 g/mol. The van der Waals surface area contributed by atoms with Crippen molar-refractivity contribution in [3.05, 3.63) is 412 Å². The van der Waals surface area contributed by atoms with Crippen LogP contribution in [-0.4, -0.2) is 64.8 Å². The predicted molar refractivity (Wildman–Crippen MR) is 486 cm³/mol.